The maximum atomic E-state index is 13.5. The van der Waals surface area contributed by atoms with Crippen molar-refractivity contribution in [2.45, 2.75) is 58.7 Å². The van der Waals surface area contributed by atoms with Crippen molar-refractivity contribution < 1.29 is 19.1 Å². The van der Waals surface area contributed by atoms with Crippen molar-refractivity contribution in [3.05, 3.63) is 93.4 Å². The van der Waals surface area contributed by atoms with Gasteiger partial charge in [-0.3, -0.25) is 29.4 Å². The Hall–Kier alpha value is -5.45. The second kappa shape index (κ2) is 14.8. The molecule has 1 aliphatic carbocycles. The van der Waals surface area contributed by atoms with E-state index in [9.17, 15) is 24.4 Å². The van der Waals surface area contributed by atoms with E-state index in [2.05, 4.69) is 64.2 Å². The summed E-state index contributed by atoms with van der Waals surface area (Å²) < 4.78 is 7.57. The van der Waals surface area contributed by atoms with Crippen LogP contribution in [-0.4, -0.2) is 90.4 Å². The second-order valence-electron chi connectivity index (χ2n) is 17.0. The smallest absolute Gasteiger partial charge is 0.275 e. The van der Waals surface area contributed by atoms with Gasteiger partial charge < -0.3 is 19.9 Å². The van der Waals surface area contributed by atoms with Crippen molar-refractivity contribution in [1.29, 1.82) is 5.26 Å². The van der Waals surface area contributed by atoms with Crippen molar-refractivity contribution in [3.8, 4) is 11.8 Å². The number of piperazine rings is 1. The zero-order chi connectivity index (χ0) is 40.2. The lowest BCUT2D eigenvalue weighted by Gasteiger charge is -2.63. The molecule has 4 heterocycles. The topological polar surface area (TPSA) is 153 Å². The molecule has 4 fully saturated rings. The Morgan fingerprint density at radius 3 is 2.32 bits per heavy atom. The van der Waals surface area contributed by atoms with Crippen LogP contribution in [0.2, 0.25) is 5.02 Å². The molecule has 1 aromatic heterocycles. The Balaban J connectivity index is 0.796. The first-order valence-electron chi connectivity index (χ1n) is 19.6. The highest BCUT2D eigenvalue weighted by Gasteiger charge is 2.64. The van der Waals surface area contributed by atoms with Crippen LogP contribution in [0.15, 0.2) is 71.7 Å². The van der Waals surface area contributed by atoms with Crippen molar-refractivity contribution >= 4 is 51.5 Å². The van der Waals surface area contributed by atoms with E-state index in [1.807, 2.05) is 42.5 Å². The standard InChI is InChI=1S/C43H47ClN8O5/c1-42(2)40(43(3,4)41(42)57-32-11-7-28(21-45)34(44)20-32)48-37(54)27-5-8-30(9-6-27)51-24-26(25-51)23-49-15-17-50(18-16-49)31-10-12-33-29(19-31)22-46-52(39(33)56)35-13-14-36(53)47-38(35)55/h5-12,19-20,22,26,35,40-41H,13-18,23-25H2,1-4H3,(H,48,54)(H,47,53,55)/t35-,40-,41-/m1/s1. The van der Waals surface area contributed by atoms with E-state index in [0.29, 0.717) is 33.2 Å². The second-order valence-corrected chi connectivity index (χ2v) is 17.4. The van der Waals surface area contributed by atoms with E-state index < -0.39 is 11.9 Å². The predicted octanol–water partition coefficient (Wildman–Crippen LogP) is 4.77. The molecule has 1 saturated carbocycles. The third-order valence-corrected chi connectivity index (χ3v) is 12.7. The number of nitrogens with one attached hydrogen (secondary N) is 2. The molecule has 4 aromatic rings. The molecule has 14 heteroatoms. The van der Waals surface area contributed by atoms with Gasteiger partial charge in [0.25, 0.3) is 17.4 Å². The fourth-order valence-corrected chi connectivity index (χ4v) is 9.78. The summed E-state index contributed by atoms with van der Waals surface area (Å²) in [6.45, 7) is 15.0. The highest BCUT2D eigenvalue weighted by Crippen LogP contribution is 2.55. The molecule has 0 bridgehead atoms. The van der Waals surface area contributed by atoms with Gasteiger partial charge in [-0.05, 0) is 61.0 Å². The molecule has 8 rings (SSSR count). The van der Waals surface area contributed by atoms with Gasteiger partial charge in [0.2, 0.25) is 5.91 Å². The zero-order valence-corrected chi connectivity index (χ0v) is 33.4. The molecule has 3 amide bonds. The number of nitriles is 1. The average molecular weight is 791 g/mol. The van der Waals surface area contributed by atoms with Gasteiger partial charge in [-0.25, -0.2) is 4.68 Å². The number of imide groups is 1. The van der Waals surface area contributed by atoms with E-state index in [0.717, 1.165) is 62.6 Å². The molecular formula is C43H47ClN8O5. The molecule has 0 unspecified atom stereocenters. The first kappa shape index (κ1) is 38.4. The van der Waals surface area contributed by atoms with Crippen LogP contribution < -0.4 is 30.7 Å². The summed E-state index contributed by atoms with van der Waals surface area (Å²) in [6, 6.07) is 19.9. The third-order valence-electron chi connectivity index (χ3n) is 12.4. The van der Waals surface area contributed by atoms with Crippen LogP contribution in [0.3, 0.4) is 0 Å². The summed E-state index contributed by atoms with van der Waals surface area (Å²) in [5, 5.41) is 20.7. The lowest BCUT2D eigenvalue weighted by atomic mass is 9.49. The van der Waals surface area contributed by atoms with E-state index in [-0.39, 0.29) is 53.2 Å². The molecule has 296 valence electrons. The maximum absolute atomic E-state index is 13.5. The molecular weight excluding hydrogens is 744 g/mol. The number of anilines is 2. The van der Waals surface area contributed by atoms with Crippen LogP contribution in [0.1, 0.15) is 62.5 Å². The van der Waals surface area contributed by atoms with E-state index in [1.165, 1.54) is 4.68 Å². The highest BCUT2D eigenvalue weighted by atomic mass is 35.5. The van der Waals surface area contributed by atoms with Crippen molar-refractivity contribution in [2.24, 2.45) is 16.7 Å². The van der Waals surface area contributed by atoms with Gasteiger partial charge in [-0.15, -0.1) is 0 Å². The number of carbonyl (C=O) groups excluding carboxylic acids is 3. The van der Waals surface area contributed by atoms with Crippen LogP contribution >= 0.6 is 11.6 Å². The first-order chi connectivity index (χ1) is 27.2. The number of piperidine rings is 1. The molecule has 13 nitrogen and oxygen atoms in total. The molecule has 2 N–H and O–H groups in total. The summed E-state index contributed by atoms with van der Waals surface area (Å²) in [6.07, 6.45) is 1.90. The number of hydrogen-bond acceptors (Lipinski definition) is 10. The fourth-order valence-electron chi connectivity index (χ4n) is 9.57. The number of aromatic nitrogens is 2. The highest BCUT2D eigenvalue weighted by molar-refractivity contribution is 6.31. The summed E-state index contributed by atoms with van der Waals surface area (Å²) in [5.74, 6) is 0.237. The molecule has 3 saturated heterocycles. The molecule has 3 aromatic carbocycles. The van der Waals surface area contributed by atoms with Gasteiger partial charge >= 0.3 is 0 Å². The van der Waals surface area contributed by atoms with Crippen molar-refractivity contribution in [3.63, 3.8) is 0 Å². The summed E-state index contributed by atoms with van der Waals surface area (Å²) >= 11 is 6.25. The summed E-state index contributed by atoms with van der Waals surface area (Å²) in [4.78, 5) is 57.8. The number of hydrogen-bond donors (Lipinski definition) is 2. The van der Waals surface area contributed by atoms with E-state index >= 15 is 0 Å². The van der Waals surface area contributed by atoms with Gasteiger partial charge in [0.1, 0.15) is 24.0 Å². The molecule has 4 aliphatic rings. The minimum atomic E-state index is -0.784. The first-order valence-corrected chi connectivity index (χ1v) is 20.0. The number of nitrogens with zero attached hydrogens (tertiary/aromatic N) is 6. The Labute approximate surface area is 336 Å². The van der Waals surface area contributed by atoms with Crippen molar-refractivity contribution in [1.82, 2.24) is 25.3 Å². The van der Waals surface area contributed by atoms with Gasteiger partial charge in [-0.1, -0.05) is 39.3 Å². The maximum Gasteiger partial charge on any atom is 0.275 e. The molecule has 0 spiro atoms. The minimum absolute atomic E-state index is 0.110. The summed E-state index contributed by atoms with van der Waals surface area (Å²) in [5.41, 5.74) is 2.15. The number of halogens is 1. The van der Waals surface area contributed by atoms with Crippen LogP contribution in [0, 0.1) is 28.1 Å². The van der Waals surface area contributed by atoms with Gasteiger partial charge in [0, 0.05) is 103 Å². The number of benzene rings is 3. The lowest BCUT2D eigenvalue weighted by molar-refractivity contribution is -0.164. The van der Waals surface area contributed by atoms with Crippen LogP contribution in [-0.2, 0) is 9.59 Å². The molecule has 3 aliphatic heterocycles. The largest absolute Gasteiger partial charge is 0.489 e. The minimum Gasteiger partial charge on any atom is -0.489 e. The van der Waals surface area contributed by atoms with Gasteiger partial charge in [-0.2, -0.15) is 10.4 Å². The third kappa shape index (κ3) is 7.21. The monoisotopic (exact) mass is 790 g/mol. The number of ether oxygens (including phenoxy) is 1. The molecule has 0 radical (unpaired) electrons. The number of rotatable bonds is 9. The normalized spacial score (nSPS) is 23.3. The Morgan fingerprint density at radius 1 is 0.947 bits per heavy atom. The van der Waals surface area contributed by atoms with E-state index in [1.54, 1.807) is 24.4 Å². The molecule has 1 atom stereocenters. The van der Waals surface area contributed by atoms with Gasteiger partial charge in [0.05, 0.1) is 22.2 Å². The van der Waals surface area contributed by atoms with Crippen LogP contribution in [0.4, 0.5) is 11.4 Å². The van der Waals surface area contributed by atoms with Crippen molar-refractivity contribution in [2.75, 3.05) is 55.6 Å². The quantitative estimate of drug-likeness (QED) is 0.227. The van der Waals surface area contributed by atoms with E-state index in [4.69, 9.17) is 16.3 Å². The van der Waals surface area contributed by atoms with Crippen LogP contribution in [0.5, 0.6) is 5.75 Å². The Kier molecular flexibility index (Phi) is 9.98. The lowest BCUT2D eigenvalue weighted by Crippen LogP contribution is -2.74. The number of amides is 3. The Bertz CT molecular complexity index is 2320. The fraction of sp³-hybridized carbons (Fsp3) is 0.442. The predicted molar refractivity (Wildman–Crippen MR) is 218 cm³/mol. The van der Waals surface area contributed by atoms with Crippen LogP contribution in [0.25, 0.3) is 10.8 Å². The Morgan fingerprint density at radius 2 is 1.65 bits per heavy atom. The van der Waals surface area contributed by atoms with Gasteiger partial charge in [0.15, 0.2) is 0 Å². The average Bonchev–Trinajstić information content (AvgIpc) is 3.17. The SMILES string of the molecule is CC1(C)[C@H](NC(=O)c2ccc(N3CC(CN4CCN(c5ccc6c(=O)n([C@@H]7CCC(=O)NC7=O)ncc6c5)CC4)C3)cc2)C(C)(C)[C@H]1Oc1ccc(C#N)c(Cl)c1. The number of carbonyl (C=O) groups is 3. The zero-order valence-electron chi connectivity index (χ0n) is 32.6. The molecule has 57 heavy (non-hydrogen) atoms. The summed E-state index contributed by atoms with van der Waals surface area (Å²) in [7, 11) is 0. The number of fused-ring (bicyclic) bond motifs is 1.